The van der Waals surface area contributed by atoms with Gasteiger partial charge in [-0.2, -0.15) is 0 Å². The second-order valence-electron chi connectivity index (χ2n) is 6.17. The van der Waals surface area contributed by atoms with Crippen LogP contribution in [0.1, 0.15) is 5.56 Å². The first kappa shape index (κ1) is 15.4. The number of fused-ring (bicyclic) bond motifs is 1. The molecule has 0 radical (unpaired) electrons. The van der Waals surface area contributed by atoms with Crippen LogP contribution in [0, 0.1) is 0 Å². The van der Waals surface area contributed by atoms with E-state index in [4.69, 9.17) is 4.74 Å². The van der Waals surface area contributed by atoms with Gasteiger partial charge in [0.25, 0.3) is 0 Å². The molecular formula is C18H23N5O. The number of morpholine rings is 1. The van der Waals surface area contributed by atoms with E-state index in [0.717, 1.165) is 64.0 Å². The van der Waals surface area contributed by atoms with Crippen LogP contribution in [-0.4, -0.2) is 60.8 Å². The zero-order valence-corrected chi connectivity index (χ0v) is 13.8. The lowest BCUT2D eigenvalue weighted by molar-refractivity contribution is 0.0398. The maximum absolute atomic E-state index is 5.38. The van der Waals surface area contributed by atoms with Crippen LogP contribution in [-0.2, 0) is 11.2 Å². The molecule has 1 saturated heterocycles. The lowest BCUT2D eigenvalue weighted by atomic mass is 10.2. The minimum Gasteiger partial charge on any atom is -0.379 e. The molecule has 0 atom stereocenters. The first-order valence-electron chi connectivity index (χ1n) is 8.61. The zero-order chi connectivity index (χ0) is 16.2. The molecule has 0 bridgehead atoms. The van der Waals surface area contributed by atoms with E-state index in [2.05, 4.69) is 49.4 Å². The van der Waals surface area contributed by atoms with Crippen molar-refractivity contribution >= 4 is 17.3 Å². The number of aromatic nitrogens is 2. The fourth-order valence-electron chi connectivity index (χ4n) is 3.33. The predicted molar refractivity (Wildman–Crippen MR) is 94.9 cm³/mol. The second-order valence-corrected chi connectivity index (χ2v) is 6.17. The summed E-state index contributed by atoms with van der Waals surface area (Å²) >= 11 is 0. The van der Waals surface area contributed by atoms with Crippen molar-refractivity contribution in [3.05, 3.63) is 42.2 Å². The van der Waals surface area contributed by atoms with E-state index < -0.39 is 0 Å². The number of benzene rings is 1. The summed E-state index contributed by atoms with van der Waals surface area (Å²) in [6, 6.07) is 10.6. The van der Waals surface area contributed by atoms with Gasteiger partial charge in [0.2, 0.25) is 0 Å². The smallest absolute Gasteiger partial charge is 0.138 e. The molecule has 6 nitrogen and oxygen atoms in total. The summed E-state index contributed by atoms with van der Waals surface area (Å²) in [6.45, 7) is 6.58. The Hall–Kier alpha value is -2.18. The minimum atomic E-state index is 0.839. The summed E-state index contributed by atoms with van der Waals surface area (Å²) < 4.78 is 5.38. The normalized spacial score (nSPS) is 17.8. The fourth-order valence-corrected chi connectivity index (χ4v) is 3.33. The van der Waals surface area contributed by atoms with Crippen LogP contribution in [0.3, 0.4) is 0 Å². The Labute approximate surface area is 142 Å². The number of anilines is 3. The van der Waals surface area contributed by atoms with E-state index in [1.807, 2.05) is 6.07 Å². The zero-order valence-electron chi connectivity index (χ0n) is 13.8. The number of rotatable bonds is 5. The van der Waals surface area contributed by atoms with Crippen LogP contribution in [0.4, 0.5) is 17.3 Å². The lowest BCUT2D eigenvalue weighted by Crippen LogP contribution is -2.39. The first-order valence-corrected chi connectivity index (χ1v) is 8.61. The largest absolute Gasteiger partial charge is 0.379 e. The van der Waals surface area contributed by atoms with E-state index in [1.54, 1.807) is 6.33 Å². The molecule has 1 N–H and O–H groups in total. The molecule has 2 aliphatic rings. The SMILES string of the molecule is c1ccc2c(c1)CCN2c1cc(NCCN2CCOCC2)ncn1. The van der Waals surface area contributed by atoms with Gasteiger partial charge in [0, 0.05) is 44.5 Å². The van der Waals surface area contributed by atoms with Crippen LogP contribution in [0.25, 0.3) is 0 Å². The van der Waals surface area contributed by atoms with Gasteiger partial charge in [0.05, 0.1) is 13.2 Å². The van der Waals surface area contributed by atoms with Gasteiger partial charge in [-0.1, -0.05) is 18.2 Å². The molecular weight excluding hydrogens is 302 g/mol. The van der Waals surface area contributed by atoms with Gasteiger partial charge in [-0.3, -0.25) is 4.90 Å². The predicted octanol–water partition coefficient (Wildman–Crippen LogP) is 1.91. The summed E-state index contributed by atoms with van der Waals surface area (Å²) in [7, 11) is 0. The molecule has 1 fully saturated rings. The Morgan fingerprint density at radius 3 is 2.88 bits per heavy atom. The van der Waals surface area contributed by atoms with Gasteiger partial charge in [-0.25, -0.2) is 9.97 Å². The molecule has 2 aromatic rings. The third-order valence-corrected chi connectivity index (χ3v) is 4.65. The highest BCUT2D eigenvalue weighted by atomic mass is 16.5. The number of hydrogen-bond donors (Lipinski definition) is 1. The van der Waals surface area contributed by atoms with Crippen molar-refractivity contribution in [3.63, 3.8) is 0 Å². The van der Waals surface area contributed by atoms with Gasteiger partial charge < -0.3 is 15.0 Å². The summed E-state index contributed by atoms with van der Waals surface area (Å²) in [4.78, 5) is 13.5. The van der Waals surface area contributed by atoms with E-state index in [1.165, 1.54) is 11.3 Å². The summed E-state index contributed by atoms with van der Waals surface area (Å²) in [5.41, 5.74) is 2.65. The summed E-state index contributed by atoms with van der Waals surface area (Å²) in [5, 5.41) is 3.42. The Balaban J connectivity index is 1.39. The van der Waals surface area contributed by atoms with Crippen molar-refractivity contribution in [2.45, 2.75) is 6.42 Å². The van der Waals surface area contributed by atoms with Crippen molar-refractivity contribution in [2.24, 2.45) is 0 Å². The standard InChI is InChI=1S/C18H23N5O/c1-2-4-16-15(3-1)5-7-23(16)18-13-17(20-14-21-18)19-6-8-22-9-11-24-12-10-22/h1-4,13-14H,5-12H2,(H,19,20,21). The minimum absolute atomic E-state index is 0.839. The molecule has 1 aromatic carbocycles. The van der Waals surface area contributed by atoms with Crippen molar-refractivity contribution in [1.29, 1.82) is 0 Å². The molecule has 126 valence electrons. The second kappa shape index (κ2) is 7.15. The highest BCUT2D eigenvalue weighted by Crippen LogP contribution is 2.33. The Morgan fingerprint density at radius 2 is 1.96 bits per heavy atom. The molecule has 0 saturated carbocycles. The molecule has 0 unspecified atom stereocenters. The Kier molecular flexibility index (Phi) is 4.57. The maximum atomic E-state index is 5.38. The van der Waals surface area contributed by atoms with E-state index >= 15 is 0 Å². The molecule has 6 heteroatoms. The Morgan fingerprint density at radius 1 is 1.08 bits per heavy atom. The van der Waals surface area contributed by atoms with Crippen LogP contribution >= 0.6 is 0 Å². The molecule has 0 aliphatic carbocycles. The topological polar surface area (TPSA) is 53.5 Å². The Bertz CT molecular complexity index is 687. The van der Waals surface area contributed by atoms with Crippen molar-refractivity contribution in [2.75, 3.05) is 56.2 Å². The lowest BCUT2D eigenvalue weighted by Gasteiger charge is -2.26. The van der Waals surface area contributed by atoms with Gasteiger partial charge in [0.15, 0.2) is 0 Å². The fraction of sp³-hybridized carbons (Fsp3) is 0.444. The van der Waals surface area contributed by atoms with E-state index in [9.17, 15) is 0 Å². The number of ether oxygens (including phenoxy) is 1. The average molecular weight is 325 g/mol. The molecule has 24 heavy (non-hydrogen) atoms. The van der Waals surface area contributed by atoms with Crippen LogP contribution in [0.2, 0.25) is 0 Å². The van der Waals surface area contributed by atoms with Crippen molar-refractivity contribution in [3.8, 4) is 0 Å². The highest BCUT2D eigenvalue weighted by Gasteiger charge is 2.21. The average Bonchev–Trinajstić information content (AvgIpc) is 3.07. The first-order chi connectivity index (χ1) is 11.9. The molecule has 1 aromatic heterocycles. The third kappa shape index (κ3) is 3.34. The molecule has 0 spiro atoms. The molecule has 3 heterocycles. The summed E-state index contributed by atoms with van der Waals surface area (Å²) in [5.74, 6) is 1.85. The number of nitrogens with zero attached hydrogens (tertiary/aromatic N) is 4. The van der Waals surface area contributed by atoms with Gasteiger partial charge >= 0.3 is 0 Å². The molecule has 2 aliphatic heterocycles. The van der Waals surface area contributed by atoms with E-state index in [0.29, 0.717) is 0 Å². The van der Waals surface area contributed by atoms with Crippen molar-refractivity contribution in [1.82, 2.24) is 14.9 Å². The monoisotopic (exact) mass is 325 g/mol. The number of nitrogens with one attached hydrogen (secondary N) is 1. The molecule has 0 amide bonds. The highest BCUT2D eigenvalue weighted by molar-refractivity contribution is 5.68. The number of para-hydroxylation sites is 1. The van der Waals surface area contributed by atoms with Gasteiger partial charge in [0.1, 0.15) is 18.0 Å². The van der Waals surface area contributed by atoms with Crippen LogP contribution in [0.5, 0.6) is 0 Å². The van der Waals surface area contributed by atoms with E-state index in [-0.39, 0.29) is 0 Å². The quantitative estimate of drug-likeness (QED) is 0.906. The maximum Gasteiger partial charge on any atom is 0.138 e. The summed E-state index contributed by atoms with van der Waals surface area (Å²) in [6.07, 6.45) is 2.72. The van der Waals surface area contributed by atoms with Crippen LogP contribution < -0.4 is 10.2 Å². The number of hydrogen-bond acceptors (Lipinski definition) is 6. The van der Waals surface area contributed by atoms with Crippen LogP contribution in [0.15, 0.2) is 36.7 Å². The van der Waals surface area contributed by atoms with Gasteiger partial charge in [-0.05, 0) is 18.1 Å². The third-order valence-electron chi connectivity index (χ3n) is 4.65. The van der Waals surface area contributed by atoms with Crippen molar-refractivity contribution < 1.29 is 4.74 Å². The molecule has 4 rings (SSSR count). The van der Waals surface area contributed by atoms with Gasteiger partial charge in [-0.15, -0.1) is 0 Å².